The normalized spacial score (nSPS) is 12.2. The van der Waals surface area contributed by atoms with Gasteiger partial charge in [0, 0.05) is 19.7 Å². The highest BCUT2D eigenvalue weighted by Gasteiger charge is 2.23. The molecule has 8 nitrogen and oxygen atoms in total. The molecule has 1 aromatic carbocycles. The molecule has 0 radical (unpaired) electrons. The Bertz CT molecular complexity index is 1220. The summed E-state index contributed by atoms with van der Waals surface area (Å²) in [6.07, 6.45) is 0. The number of carbonyl (C=O) groups is 1. The second-order valence-electron chi connectivity index (χ2n) is 6.28. The van der Waals surface area contributed by atoms with Crippen LogP contribution >= 0.6 is 11.8 Å². The van der Waals surface area contributed by atoms with Gasteiger partial charge < -0.3 is 4.74 Å². The number of ether oxygens (including phenoxy) is 1. The van der Waals surface area contributed by atoms with Gasteiger partial charge in [-0.1, -0.05) is 23.9 Å². The summed E-state index contributed by atoms with van der Waals surface area (Å²) in [6.45, 7) is 3.55. The lowest BCUT2D eigenvalue weighted by atomic mass is 10.2. The maximum Gasteiger partial charge on any atom is 0.332 e. The van der Waals surface area contributed by atoms with Crippen molar-refractivity contribution in [1.29, 1.82) is 0 Å². The number of nitrogens with zero attached hydrogens (tertiary/aromatic N) is 4. The number of thioether (sulfide) groups is 1. The van der Waals surface area contributed by atoms with E-state index in [1.165, 1.54) is 36.9 Å². The highest BCUT2D eigenvalue weighted by Crippen LogP contribution is 2.29. The Kier molecular flexibility index (Phi) is 5.83. The van der Waals surface area contributed by atoms with Crippen molar-refractivity contribution < 1.29 is 13.9 Å². The van der Waals surface area contributed by atoms with Gasteiger partial charge in [-0.3, -0.25) is 18.7 Å². The number of carbonyl (C=O) groups excluding carboxylic acids is 1. The van der Waals surface area contributed by atoms with E-state index < -0.39 is 28.3 Å². The molecule has 0 fully saturated rings. The van der Waals surface area contributed by atoms with Crippen molar-refractivity contribution in [2.24, 2.45) is 14.1 Å². The molecule has 0 aliphatic heterocycles. The van der Waals surface area contributed by atoms with Crippen molar-refractivity contribution in [3.8, 4) is 11.4 Å². The van der Waals surface area contributed by atoms with Gasteiger partial charge in [0.15, 0.2) is 11.5 Å². The first-order valence-corrected chi connectivity index (χ1v) is 9.69. The molecule has 0 aliphatic rings. The Morgan fingerprint density at radius 2 is 1.97 bits per heavy atom. The molecule has 152 valence electrons. The molecule has 0 bridgehead atoms. The molecule has 3 rings (SSSR count). The van der Waals surface area contributed by atoms with Crippen LogP contribution in [0.5, 0.6) is 0 Å². The quantitative estimate of drug-likeness (QED) is 0.355. The summed E-state index contributed by atoms with van der Waals surface area (Å²) in [7, 11) is 2.84. The first-order chi connectivity index (χ1) is 13.7. The standard InChI is InChI=1S/C19H19FN4O4S/c1-5-28-18(26)10(2)29-16-13-15(23(3)19(27)24(4)17(13)25)21-14(22-16)11-7-6-8-12(20)9-11/h6-10H,5H2,1-4H3/t10-/m1/s1. The van der Waals surface area contributed by atoms with E-state index in [9.17, 15) is 18.8 Å². The lowest BCUT2D eigenvalue weighted by Crippen LogP contribution is -2.37. The van der Waals surface area contributed by atoms with Crippen LogP contribution in [0.3, 0.4) is 0 Å². The largest absolute Gasteiger partial charge is 0.465 e. The van der Waals surface area contributed by atoms with Gasteiger partial charge in [0.2, 0.25) is 0 Å². The smallest absolute Gasteiger partial charge is 0.332 e. The molecular formula is C19H19FN4O4S. The van der Waals surface area contributed by atoms with Gasteiger partial charge in [0.05, 0.1) is 6.61 Å². The van der Waals surface area contributed by atoms with Gasteiger partial charge in [-0.15, -0.1) is 0 Å². The van der Waals surface area contributed by atoms with E-state index >= 15 is 0 Å². The average molecular weight is 418 g/mol. The molecule has 0 N–H and O–H groups in total. The first kappa shape index (κ1) is 20.7. The van der Waals surface area contributed by atoms with Crippen molar-refractivity contribution in [3.05, 3.63) is 50.9 Å². The number of rotatable bonds is 5. The van der Waals surface area contributed by atoms with Crippen molar-refractivity contribution in [2.75, 3.05) is 6.61 Å². The fourth-order valence-electron chi connectivity index (χ4n) is 2.75. The van der Waals surface area contributed by atoms with Crippen molar-refractivity contribution in [2.45, 2.75) is 24.1 Å². The van der Waals surface area contributed by atoms with Crippen molar-refractivity contribution in [1.82, 2.24) is 19.1 Å². The van der Waals surface area contributed by atoms with E-state index in [2.05, 4.69) is 9.97 Å². The monoisotopic (exact) mass is 418 g/mol. The van der Waals surface area contributed by atoms with E-state index in [-0.39, 0.29) is 28.5 Å². The molecule has 1 atom stereocenters. The zero-order valence-electron chi connectivity index (χ0n) is 16.3. The molecule has 0 aliphatic carbocycles. The zero-order chi connectivity index (χ0) is 21.3. The van der Waals surface area contributed by atoms with E-state index in [0.717, 1.165) is 16.3 Å². The van der Waals surface area contributed by atoms with E-state index in [4.69, 9.17) is 4.74 Å². The van der Waals surface area contributed by atoms with Crippen molar-refractivity contribution >= 4 is 28.8 Å². The van der Waals surface area contributed by atoms with Crippen LogP contribution in [0.2, 0.25) is 0 Å². The summed E-state index contributed by atoms with van der Waals surface area (Å²) in [6, 6.07) is 5.67. The minimum absolute atomic E-state index is 0.103. The Hall–Kier alpha value is -3.01. The number of aromatic nitrogens is 4. The van der Waals surface area contributed by atoms with E-state index in [0.29, 0.717) is 5.56 Å². The fraction of sp³-hybridized carbons (Fsp3) is 0.316. The molecule has 10 heteroatoms. The van der Waals surface area contributed by atoms with Crippen LogP contribution in [0.1, 0.15) is 13.8 Å². The molecule has 0 unspecified atom stereocenters. The van der Waals surface area contributed by atoms with Gasteiger partial charge in [-0.25, -0.2) is 19.2 Å². The van der Waals surface area contributed by atoms with Crippen LogP contribution < -0.4 is 11.2 Å². The van der Waals surface area contributed by atoms with Gasteiger partial charge in [0.1, 0.15) is 21.5 Å². The van der Waals surface area contributed by atoms with Crippen LogP contribution in [0, 0.1) is 5.82 Å². The molecule has 3 aromatic rings. The third-order valence-electron chi connectivity index (χ3n) is 4.26. The number of halogens is 1. The molecule has 0 spiro atoms. The number of esters is 1. The lowest BCUT2D eigenvalue weighted by molar-refractivity contribution is -0.142. The molecule has 29 heavy (non-hydrogen) atoms. The number of hydrogen-bond acceptors (Lipinski definition) is 7. The average Bonchev–Trinajstić information content (AvgIpc) is 2.70. The molecule has 0 amide bonds. The van der Waals surface area contributed by atoms with E-state index in [1.54, 1.807) is 19.9 Å². The fourth-order valence-corrected chi connectivity index (χ4v) is 3.68. The molecular weight excluding hydrogens is 399 g/mol. The van der Waals surface area contributed by atoms with Crippen LogP contribution in [-0.4, -0.2) is 36.9 Å². The Morgan fingerprint density at radius 1 is 1.24 bits per heavy atom. The van der Waals surface area contributed by atoms with Crippen LogP contribution in [0.15, 0.2) is 38.9 Å². The number of hydrogen-bond donors (Lipinski definition) is 0. The summed E-state index contributed by atoms with van der Waals surface area (Å²) < 4.78 is 20.9. The minimum Gasteiger partial charge on any atom is -0.465 e. The second kappa shape index (κ2) is 8.16. The number of aryl methyl sites for hydroxylation is 1. The van der Waals surface area contributed by atoms with Gasteiger partial charge in [-0.2, -0.15) is 0 Å². The van der Waals surface area contributed by atoms with Crippen LogP contribution in [0.25, 0.3) is 22.4 Å². The Balaban J connectivity index is 2.30. The van der Waals surface area contributed by atoms with Crippen molar-refractivity contribution in [3.63, 3.8) is 0 Å². The Morgan fingerprint density at radius 3 is 2.62 bits per heavy atom. The first-order valence-electron chi connectivity index (χ1n) is 8.81. The second-order valence-corrected chi connectivity index (χ2v) is 7.61. The zero-order valence-corrected chi connectivity index (χ0v) is 17.1. The third kappa shape index (κ3) is 3.93. The topological polar surface area (TPSA) is 96.1 Å². The predicted octanol–water partition coefficient (Wildman–Crippen LogP) is 1.88. The molecule has 0 saturated heterocycles. The summed E-state index contributed by atoms with van der Waals surface area (Å²) in [5.41, 5.74) is -0.648. The van der Waals surface area contributed by atoms with Gasteiger partial charge in [-0.05, 0) is 26.0 Å². The highest BCUT2D eigenvalue weighted by molar-refractivity contribution is 8.00. The lowest BCUT2D eigenvalue weighted by Gasteiger charge is -2.14. The number of fused-ring (bicyclic) bond motifs is 1. The van der Waals surface area contributed by atoms with E-state index in [1.807, 2.05) is 0 Å². The van der Waals surface area contributed by atoms with Gasteiger partial charge >= 0.3 is 11.7 Å². The maximum absolute atomic E-state index is 13.7. The molecule has 2 aromatic heterocycles. The summed E-state index contributed by atoms with van der Waals surface area (Å²) in [5.74, 6) is -0.796. The molecule has 2 heterocycles. The summed E-state index contributed by atoms with van der Waals surface area (Å²) >= 11 is 1.02. The van der Waals surface area contributed by atoms with Crippen LogP contribution in [-0.2, 0) is 23.6 Å². The minimum atomic E-state index is -0.657. The maximum atomic E-state index is 13.7. The summed E-state index contributed by atoms with van der Waals surface area (Å²) in [5, 5.41) is -0.336. The highest BCUT2D eigenvalue weighted by atomic mass is 32.2. The van der Waals surface area contributed by atoms with Crippen LogP contribution in [0.4, 0.5) is 4.39 Å². The predicted molar refractivity (Wildman–Crippen MR) is 107 cm³/mol. The third-order valence-corrected chi connectivity index (χ3v) is 5.32. The van der Waals surface area contributed by atoms with Gasteiger partial charge in [0.25, 0.3) is 5.56 Å². The number of benzene rings is 1. The Labute approximate surface area is 169 Å². The summed E-state index contributed by atoms with van der Waals surface area (Å²) in [4.78, 5) is 46.0. The SMILES string of the molecule is CCOC(=O)[C@@H](C)Sc1nc(-c2cccc(F)c2)nc2c1c(=O)n(C)c(=O)n2C. The molecule has 0 saturated carbocycles.